The molecule has 0 amide bonds. The smallest absolute Gasteiger partial charge is 0.127 e. The van der Waals surface area contributed by atoms with Gasteiger partial charge in [-0.2, -0.15) is 0 Å². The highest BCUT2D eigenvalue weighted by atomic mass is 79.9. The molecule has 0 atom stereocenters. The van der Waals surface area contributed by atoms with Gasteiger partial charge in [-0.1, -0.05) is 49.7 Å². The van der Waals surface area contributed by atoms with Crippen LogP contribution in [0.2, 0.25) is 0 Å². The normalized spacial score (nSPS) is 23.6. The van der Waals surface area contributed by atoms with Crippen LogP contribution in [0.25, 0.3) is 0 Å². The quantitative estimate of drug-likeness (QED) is 0.798. The van der Waals surface area contributed by atoms with Crippen LogP contribution < -0.4 is 5.73 Å². The Bertz CT molecular complexity index is 492. The van der Waals surface area contributed by atoms with E-state index in [-0.39, 0.29) is 22.2 Å². The lowest BCUT2D eigenvalue weighted by atomic mass is 9.57. The van der Waals surface area contributed by atoms with Crippen LogP contribution in [0.1, 0.15) is 52.5 Å². The van der Waals surface area contributed by atoms with Gasteiger partial charge in [-0.15, -0.1) is 0 Å². The third kappa shape index (κ3) is 3.82. The first-order valence-corrected chi connectivity index (χ1v) is 8.03. The predicted molar refractivity (Wildman–Crippen MR) is 86.1 cm³/mol. The highest BCUT2D eigenvalue weighted by Gasteiger charge is 2.45. The summed E-state index contributed by atoms with van der Waals surface area (Å²) in [6, 6.07) is 5.27. The van der Waals surface area contributed by atoms with Crippen LogP contribution in [-0.4, -0.2) is 5.54 Å². The van der Waals surface area contributed by atoms with E-state index in [1.54, 1.807) is 0 Å². The second kappa shape index (κ2) is 5.10. The zero-order valence-electron chi connectivity index (χ0n) is 12.9. The van der Waals surface area contributed by atoms with Gasteiger partial charge in [0.15, 0.2) is 0 Å². The van der Waals surface area contributed by atoms with Crippen LogP contribution in [0, 0.1) is 16.6 Å². The fourth-order valence-corrected chi connectivity index (χ4v) is 4.89. The minimum atomic E-state index is -0.320. The average Bonchev–Trinajstić information content (AvgIpc) is 2.16. The molecule has 20 heavy (non-hydrogen) atoms. The second-order valence-electron chi connectivity index (χ2n) is 8.13. The van der Waals surface area contributed by atoms with Crippen molar-refractivity contribution in [3.63, 3.8) is 0 Å². The maximum absolute atomic E-state index is 14.1. The molecule has 0 spiro atoms. The third-order valence-electron chi connectivity index (χ3n) is 4.18. The van der Waals surface area contributed by atoms with Crippen molar-refractivity contribution < 1.29 is 4.39 Å². The zero-order valence-corrected chi connectivity index (χ0v) is 14.5. The molecule has 0 heterocycles. The first-order chi connectivity index (χ1) is 9.00. The molecule has 0 bridgehead atoms. The van der Waals surface area contributed by atoms with Crippen LogP contribution in [0.5, 0.6) is 0 Å². The Kier molecular flexibility index (Phi) is 4.07. The zero-order chi connectivity index (χ0) is 15.2. The van der Waals surface area contributed by atoms with E-state index in [1.165, 1.54) is 12.5 Å². The summed E-state index contributed by atoms with van der Waals surface area (Å²) < 4.78 is 14.8. The second-order valence-corrected chi connectivity index (χ2v) is 9.05. The van der Waals surface area contributed by atoms with Crippen molar-refractivity contribution in [3.05, 3.63) is 34.1 Å². The Morgan fingerprint density at radius 3 is 2.15 bits per heavy atom. The monoisotopic (exact) mass is 341 g/mol. The van der Waals surface area contributed by atoms with Crippen molar-refractivity contribution in [3.8, 4) is 0 Å². The van der Waals surface area contributed by atoms with Gasteiger partial charge in [0.2, 0.25) is 0 Å². The van der Waals surface area contributed by atoms with Gasteiger partial charge in [-0.25, -0.2) is 4.39 Å². The summed E-state index contributed by atoms with van der Waals surface area (Å²) in [4.78, 5) is 0. The Hall–Kier alpha value is -0.410. The molecule has 1 aliphatic carbocycles. The highest BCUT2D eigenvalue weighted by molar-refractivity contribution is 9.10. The van der Waals surface area contributed by atoms with Crippen molar-refractivity contribution in [2.75, 3.05) is 0 Å². The molecule has 1 nitrogen and oxygen atoms in total. The van der Waals surface area contributed by atoms with Gasteiger partial charge < -0.3 is 5.73 Å². The average molecular weight is 342 g/mol. The standard InChI is InChI=1S/C17H25BrFN/c1-15(2)9-16(3,4)11-17(20,10-15)8-12-5-6-13(18)7-14(12)19/h5-7H,8-11,20H2,1-4H3. The Labute approximate surface area is 130 Å². The van der Waals surface area contributed by atoms with E-state index in [1.807, 2.05) is 12.1 Å². The lowest BCUT2D eigenvalue weighted by Gasteiger charge is -2.50. The summed E-state index contributed by atoms with van der Waals surface area (Å²) in [6.07, 6.45) is 3.67. The topological polar surface area (TPSA) is 26.0 Å². The molecule has 112 valence electrons. The van der Waals surface area contributed by atoms with Crippen molar-refractivity contribution >= 4 is 15.9 Å². The molecule has 1 aromatic carbocycles. The van der Waals surface area contributed by atoms with Crippen LogP contribution in [0.4, 0.5) is 4.39 Å². The lowest BCUT2D eigenvalue weighted by molar-refractivity contribution is 0.0483. The molecule has 1 fully saturated rings. The Morgan fingerprint density at radius 1 is 1.10 bits per heavy atom. The van der Waals surface area contributed by atoms with Crippen LogP contribution in [0.3, 0.4) is 0 Å². The van der Waals surface area contributed by atoms with E-state index in [9.17, 15) is 4.39 Å². The number of benzene rings is 1. The Balaban J connectivity index is 2.26. The van der Waals surface area contributed by atoms with Crippen molar-refractivity contribution in [2.24, 2.45) is 16.6 Å². The van der Waals surface area contributed by atoms with E-state index < -0.39 is 0 Å². The van der Waals surface area contributed by atoms with Gasteiger partial charge in [-0.3, -0.25) is 0 Å². The fraction of sp³-hybridized carbons (Fsp3) is 0.647. The molecule has 2 rings (SSSR count). The molecule has 0 saturated heterocycles. The minimum absolute atomic E-state index is 0.162. The number of halogens is 2. The summed E-state index contributed by atoms with van der Waals surface area (Å²) in [5.41, 5.74) is 7.50. The maximum Gasteiger partial charge on any atom is 0.127 e. The predicted octanol–water partition coefficient (Wildman–Crippen LogP) is 5.06. The SMILES string of the molecule is CC1(C)CC(C)(C)CC(N)(Cc2ccc(Br)cc2F)C1. The van der Waals surface area contributed by atoms with E-state index in [0.29, 0.717) is 6.42 Å². The van der Waals surface area contributed by atoms with Crippen molar-refractivity contribution in [2.45, 2.75) is 58.9 Å². The molecule has 1 aliphatic rings. The first-order valence-electron chi connectivity index (χ1n) is 7.23. The number of rotatable bonds is 2. The van der Waals surface area contributed by atoms with Gasteiger partial charge >= 0.3 is 0 Å². The highest BCUT2D eigenvalue weighted by Crippen LogP contribution is 2.50. The van der Waals surface area contributed by atoms with E-state index >= 15 is 0 Å². The molecule has 0 radical (unpaired) electrons. The lowest BCUT2D eigenvalue weighted by Crippen LogP contribution is -2.53. The summed E-state index contributed by atoms with van der Waals surface area (Å²) in [7, 11) is 0. The number of hydrogen-bond acceptors (Lipinski definition) is 1. The molecule has 0 unspecified atom stereocenters. The summed E-state index contributed by atoms with van der Waals surface area (Å²) in [5.74, 6) is -0.162. The summed E-state index contributed by atoms with van der Waals surface area (Å²) >= 11 is 3.30. The third-order valence-corrected chi connectivity index (χ3v) is 4.67. The Morgan fingerprint density at radius 2 is 1.65 bits per heavy atom. The molecule has 2 N–H and O–H groups in total. The summed E-state index contributed by atoms with van der Waals surface area (Å²) in [5, 5.41) is 0. The largest absolute Gasteiger partial charge is 0.325 e. The number of hydrogen-bond donors (Lipinski definition) is 1. The van der Waals surface area contributed by atoms with Gasteiger partial charge in [0, 0.05) is 10.0 Å². The molecular formula is C17H25BrFN. The van der Waals surface area contributed by atoms with E-state index in [2.05, 4.69) is 43.6 Å². The van der Waals surface area contributed by atoms with Gasteiger partial charge in [0.1, 0.15) is 5.82 Å². The minimum Gasteiger partial charge on any atom is -0.325 e. The molecule has 3 heteroatoms. The van der Waals surface area contributed by atoms with E-state index in [0.717, 1.165) is 22.9 Å². The van der Waals surface area contributed by atoms with Crippen LogP contribution in [-0.2, 0) is 6.42 Å². The van der Waals surface area contributed by atoms with Crippen LogP contribution >= 0.6 is 15.9 Å². The van der Waals surface area contributed by atoms with Gasteiger partial charge in [0.25, 0.3) is 0 Å². The first kappa shape index (κ1) is 16.0. The van der Waals surface area contributed by atoms with Crippen molar-refractivity contribution in [1.82, 2.24) is 0 Å². The fourth-order valence-electron chi connectivity index (χ4n) is 4.56. The van der Waals surface area contributed by atoms with E-state index in [4.69, 9.17) is 5.73 Å². The molecule has 0 aliphatic heterocycles. The molecule has 1 saturated carbocycles. The van der Waals surface area contributed by atoms with Crippen molar-refractivity contribution in [1.29, 1.82) is 0 Å². The molecular weight excluding hydrogens is 317 g/mol. The van der Waals surface area contributed by atoms with Gasteiger partial charge in [-0.05, 0) is 54.2 Å². The maximum atomic E-state index is 14.1. The summed E-state index contributed by atoms with van der Waals surface area (Å²) in [6.45, 7) is 9.09. The van der Waals surface area contributed by atoms with Crippen LogP contribution in [0.15, 0.2) is 22.7 Å². The van der Waals surface area contributed by atoms with Gasteiger partial charge in [0.05, 0.1) is 0 Å². The molecule has 0 aromatic heterocycles. The molecule has 1 aromatic rings. The number of nitrogens with two attached hydrogens (primary N) is 1.